The normalized spacial score (nSPS) is 15.5. The number of ether oxygens (including phenoxy) is 4. The van der Waals surface area contributed by atoms with Crippen molar-refractivity contribution < 1.29 is 32.2 Å². The molecule has 1 fully saturated rings. The van der Waals surface area contributed by atoms with E-state index in [4.69, 9.17) is 18.9 Å². The average molecular weight is 479 g/mol. The lowest BCUT2D eigenvalue weighted by atomic mass is 10.2. The van der Waals surface area contributed by atoms with Crippen LogP contribution in [0.3, 0.4) is 0 Å². The molecule has 0 bridgehead atoms. The van der Waals surface area contributed by atoms with Crippen LogP contribution in [0.4, 0.5) is 0 Å². The van der Waals surface area contributed by atoms with Crippen molar-refractivity contribution in [2.75, 3.05) is 46.6 Å². The van der Waals surface area contributed by atoms with Gasteiger partial charge in [0.05, 0.1) is 31.8 Å². The number of nitrogens with zero attached hydrogens (tertiary/aromatic N) is 1. The summed E-state index contributed by atoms with van der Waals surface area (Å²) in [6, 6.07) is 13.4. The molecule has 0 saturated carbocycles. The smallest absolute Gasteiger partial charge is 0.261 e. The Morgan fingerprint density at radius 3 is 2.39 bits per heavy atom. The number of carbonyl (C=O) groups excluding carboxylic acids is 1. The Morgan fingerprint density at radius 1 is 1.09 bits per heavy atom. The number of carbonyl (C=O) groups is 1. The molecule has 1 heterocycles. The molecule has 9 nitrogen and oxygen atoms in total. The molecule has 180 valence electrons. The molecule has 1 amide bonds. The Hall–Kier alpha value is -2.82. The molecule has 10 heteroatoms. The van der Waals surface area contributed by atoms with E-state index in [0.717, 1.165) is 0 Å². The van der Waals surface area contributed by atoms with E-state index < -0.39 is 16.1 Å². The van der Waals surface area contributed by atoms with Crippen molar-refractivity contribution in [2.24, 2.45) is 0 Å². The first-order valence-electron chi connectivity index (χ1n) is 10.8. The van der Waals surface area contributed by atoms with E-state index >= 15 is 0 Å². The van der Waals surface area contributed by atoms with Crippen molar-refractivity contribution in [1.82, 2.24) is 9.62 Å². The minimum absolute atomic E-state index is 0.212. The highest BCUT2D eigenvalue weighted by Gasteiger charge is 2.26. The van der Waals surface area contributed by atoms with Crippen LogP contribution in [0, 0.1) is 0 Å². The van der Waals surface area contributed by atoms with Crippen LogP contribution >= 0.6 is 0 Å². The van der Waals surface area contributed by atoms with Gasteiger partial charge in [0.25, 0.3) is 5.91 Å². The lowest BCUT2D eigenvalue weighted by Crippen LogP contribution is -2.40. The number of amides is 1. The molecule has 0 aromatic heterocycles. The number of morpholine rings is 1. The van der Waals surface area contributed by atoms with Crippen LogP contribution in [0.5, 0.6) is 17.2 Å². The summed E-state index contributed by atoms with van der Waals surface area (Å²) < 4.78 is 48.7. The maximum absolute atomic E-state index is 12.7. The lowest BCUT2D eigenvalue weighted by molar-refractivity contribution is -0.128. The minimum Gasteiger partial charge on any atom is -0.493 e. The summed E-state index contributed by atoms with van der Waals surface area (Å²) in [6.45, 7) is 3.86. The average Bonchev–Trinajstić information content (AvgIpc) is 2.86. The summed E-state index contributed by atoms with van der Waals surface area (Å²) >= 11 is 0. The van der Waals surface area contributed by atoms with Gasteiger partial charge in [0.1, 0.15) is 12.4 Å². The summed E-state index contributed by atoms with van der Waals surface area (Å²) in [4.78, 5) is 12.7. The Labute approximate surface area is 194 Å². The molecule has 1 saturated heterocycles. The van der Waals surface area contributed by atoms with E-state index in [2.05, 4.69) is 5.32 Å². The van der Waals surface area contributed by atoms with Gasteiger partial charge in [-0.05, 0) is 42.8 Å². The predicted molar refractivity (Wildman–Crippen MR) is 122 cm³/mol. The van der Waals surface area contributed by atoms with Crippen molar-refractivity contribution >= 4 is 15.9 Å². The Morgan fingerprint density at radius 2 is 1.76 bits per heavy atom. The second-order valence-corrected chi connectivity index (χ2v) is 9.23. The SMILES string of the molecule is CC[C@H](Oc1ccccc1OC)C(=O)NCCOc1ccc(S(=O)(=O)N2CCOCC2)cc1. The maximum Gasteiger partial charge on any atom is 0.261 e. The van der Waals surface area contributed by atoms with E-state index in [9.17, 15) is 13.2 Å². The summed E-state index contributed by atoms with van der Waals surface area (Å²) in [5.41, 5.74) is 0. The van der Waals surface area contributed by atoms with Gasteiger partial charge in [0.15, 0.2) is 17.6 Å². The Kier molecular flexibility index (Phi) is 8.93. The van der Waals surface area contributed by atoms with E-state index in [1.54, 1.807) is 31.4 Å². The molecule has 1 N–H and O–H groups in total. The van der Waals surface area contributed by atoms with Crippen molar-refractivity contribution in [3.63, 3.8) is 0 Å². The van der Waals surface area contributed by atoms with Gasteiger partial charge >= 0.3 is 0 Å². The highest BCUT2D eigenvalue weighted by molar-refractivity contribution is 7.89. The van der Waals surface area contributed by atoms with Gasteiger partial charge in [-0.2, -0.15) is 4.31 Å². The molecule has 0 spiro atoms. The van der Waals surface area contributed by atoms with Crippen LogP contribution in [-0.2, 0) is 19.6 Å². The molecule has 1 aliphatic rings. The monoisotopic (exact) mass is 478 g/mol. The molecular formula is C23H30N2O7S. The lowest BCUT2D eigenvalue weighted by Gasteiger charge is -2.26. The van der Waals surface area contributed by atoms with Crippen molar-refractivity contribution in [2.45, 2.75) is 24.3 Å². The maximum atomic E-state index is 12.7. The second kappa shape index (κ2) is 11.9. The van der Waals surface area contributed by atoms with Crippen molar-refractivity contribution in [3.8, 4) is 17.2 Å². The third-order valence-electron chi connectivity index (χ3n) is 5.10. The fourth-order valence-electron chi connectivity index (χ4n) is 3.29. The highest BCUT2D eigenvalue weighted by Crippen LogP contribution is 2.27. The summed E-state index contributed by atoms with van der Waals surface area (Å²) in [5.74, 6) is 1.33. The van der Waals surface area contributed by atoms with Crippen LogP contribution in [0.2, 0.25) is 0 Å². The number of hydrogen-bond donors (Lipinski definition) is 1. The van der Waals surface area contributed by atoms with E-state index in [-0.39, 0.29) is 24.0 Å². The first kappa shape index (κ1) is 24.8. The zero-order valence-corrected chi connectivity index (χ0v) is 19.7. The molecule has 3 rings (SSSR count). The first-order valence-corrected chi connectivity index (χ1v) is 12.3. The number of rotatable bonds is 11. The van der Waals surface area contributed by atoms with Crippen molar-refractivity contribution in [1.29, 1.82) is 0 Å². The van der Waals surface area contributed by atoms with Crippen LogP contribution in [0.1, 0.15) is 13.3 Å². The largest absolute Gasteiger partial charge is 0.493 e. The number of hydrogen-bond acceptors (Lipinski definition) is 7. The number of para-hydroxylation sites is 2. The van der Waals surface area contributed by atoms with Gasteiger partial charge in [0, 0.05) is 13.1 Å². The van der Waals surface area contributed by atoms with Crippen LogP contribution < -0.4 is 19.5 Å². The summed E-state index contributed by atoms with van der Waals surface area (Å²) in [7, 11) is -1.99. The van der Waals surface area contributed by atoms with Crippen LogP contribution in [0.25, 0.3) is 0 Å². The predicted octanol–water partition coefficient (Wildman–Crippen LogP) is 2.07. The van der Waals surface area contributed by atoms with Gasteiger partial charge in [-0.3, -0.25) is 4.79 Å². The highest BCUT2D eigenvalue weighted by atomic mass is 32.2. The summed E-state index contributed by atoms with van der Waals surface area (Å²) in [5, 5.41) is 2.80. The number of sulfonamides is 1. The van der Waals surface area contributed by atoms with Gasteiger partial charge in [0.2, 0.25) is 10.0 Å². The molecule has 2 aromatic rings. The van der Waals surface area contributed by atoms with E-state index in [0.29, 0.717) is 50.0 Å². The molecule has 0 radical (unpaired) electrons. The third-order valence-corrected chi connectivity index (χ3v) is 7.02. The molecule has 33 heavy (non-hydrogen) atoms. The van der Waals surface area contributed by atoms with Gasteiger partial charge < -0.3 is 24.3 Å². The fraction of sp³-hybridized carbons (Fsp3) is 0.435. The molecule has 1 aliphatic heterocycles. The first-order chi connectivity index (χ1) is 16.0. The second-order valence-electron chi connectivity index (χ2n) is 7.29. The topological polar surface area (TPSA) is 103 Å². The molecule has 1 atom stereocenters. The summed E-state index contributed by atoms with van der Waals surface area (Å²) in [6.07, 6.45) is -0.171. The van der Waals surface area contributed by atoms with Gasteiger partial charge in [-0.15, -0.1) is 0 Å². The van der Waals surface area contributed by atoms with Gasteiger partial charge in [-0.1, -0.05) is 19.1 Å². The Bertz CT molecular complexity index is 1010. The van der Waals surface area contributed by atoms with E-state index in [1.807, 2.05) is 19.1 Å². The Balaban J connectivity index is 1.46. The van der Waals surface area contributed by atoms with Crippen LogP contribution in [0.15, 0.2) is 53.4 Å². The third kappa shape index (κ3) is 6.59. The standard InChI is InChI=1S/C23H30N2O7S/c1-3-20(32-22-7-5-4-6-21(22)29-2)23(26)24-12-15-31-18-8-10-19(11-9-18)33(27,28)25-13-16-30-17-14-25/h4-11,20H,3,12-17H2,1-2H3,(H,24,26)/t20-/m0/s1. The zero-order valence-electron chi connectivity index (χ0n) is 18.9. The number of methoxy groups -OCH3 is 1. The van der Waals surface area contributed by atoms with E-state index in [1.165, 1.54) is 16.4 Å². The number of nitrogens with one attached hydrogen (secondary N) is 1. The molecule has 0 unspecified atom stereocenters. The molecule has 0 aliphatic carbocycles. The zero-order chi connectivity index (χ0) is 23.7. The quantitative estimate of drug-likeness (QED) is 0.493. The van der Waals surface area contributed by atoms with Crippen LogP contribution in [-0.4, -0.2) is 71.3 Å². The van der Waals surface area contributed by atoms with Crippen molar-refractivity contribution in [3.05, 3.63) is 48.5 Å². The number of benzene rings is 2. The van der Waals surface area contributed by atoms with Gasteiger partial charge in [-0.25, -0.2) is 8.42 Å². The molecular weight excluding hydrogens is 448 g/mol. The minimum atomic E-state index is -3.54. The fourth-order valence-corrected chi connectivity index (χ4v) is 4.70. The molecule has 2 aromatic carbocycles.